The van der Waals surface area contributed by atoms with Crippen molar-refractivity contribution in [2.75, 3.05) is 19.1 Å². The van der Waals surface area contributed by atoms with Crippen molar-refractivity contribution in [3.63, 3.8) is 0 Å². The maximum absolute atomic E-state index is 13.7. The SMILES string of the molecule is CC[C@]1(c2cccc(N(C)c3nccc(OC)n3)c2)C2=CN=NC2NC2=C1C(=O)CC(C)(C)C2. The summed E-state index contributed by atoms with van der Waals surface area (Å²) in [6.07, 6.45) is 5.34. The number of methoxy groups -OCH3 is 1. The molecule has 34 heavy (non-hydrogen) atoms. The Kier molecular flexibility index (Phi) is 5.26. The predicted octanol–water partition coefficient (Wildman–Crippen LogP) is 4.82. The highest BCUT2D eigenvalue weighted by Crippen LogP contribution is 2.54. The summed E-state index contributed by atoms with van der Waals surface area (Å²) >= 11 is 0. The molecule has 8 nitrogen and oxygen atoms in total. The van der Waals surface area contributed by atoms with Gasteiger partial charge < -0.3 is 15.0 Å². The number of hydrogen-bond donors (Lipinski definition) is 1. The average Bonchev–Trinajstić information content (AvgIpc) is 3.30. The molecule has 0 amide bonds. The van der Waals surface area contributed by atoms with E-state index in [2.05, 4.69) is 58.4 Å². The first-order valence-corrected chi connectivity index (χ1v) is 11.6. The molecule has 3 aliphatic rings. The minimum atomic E-state index is -0.589. The summed E-state index contributed by atoms with van der Waals surface area (Å²) < 4.78 is 5.27. The summed E-state index contributed by atoms with van der Waals surface area (Å²) in [4.78, 5) is 24.5. The number of ether oxygens (including phenoxy) is 1. The molecule has 2 aromatic rings. The van der Waals surface area contributed by atoms with E-state index in [0.717, 1.165) is 40.9 Å². The largest absolute Gasteiger partial charge is 0.481 e. The molecule has 0 saturated heterocycles. The third-order valence-electron chi connectivity index (χ3n) is 7.16. The highest BCUT2D eigenvalue weighted by molar-refractivity contribution is 6.01. The molecule has 1 aliphatic carbocycles. The number of rotatable bonds is 5. The summed E-state index contributed by atoms with van der Waals surface area (Å²) in [5.41, 5.74) is 4.18. The molecule has 0 spiro atoms. The molecule has 0 bridgehead atoms. The Labute approximate surface area is 199 Å². The van der Waals surface area contributed by atoms with Crippen molar-refractivity contribution in [1.29, 1.82) is 0 Å². The van der Waals surface area contributed by atoms with Crippen LogP contribution in [0.25, 0.3) is 0 Å². The van der Waals surface area contributed by atoms with Gasteiger partial charge in [-0.1, -0.05) is 32.9 Å². The van der Waals surface area contributed by atoms with Crippen LogP contribution in [0.5, 0.6) is 5.88 Å². The Hall–Kier alpha value is -3.55. The van der Waals surface area contributed by atoms with Gasteiger partial charge in [-0.05, 0) is 36.0 Å². The maximum Gasteiger partial charge on any atom is 0.232 e. The molecule has 5 rings (SSSR count). The number of fused-ring (bicyclic) bond motifs is 1. The minimum absolute atomic E-state index is 0.0921. The summed E-state index contributed by atoms with van der Waals surface area (Å²) in [5.74, 6) is 1.23. The van der Waals surface area contributed by atoms with Gasteiger partial charge in [-0.3, -0.25) is 4.79 Å². The van der Waals surface area contributed by atoms with E-state index in [1.165, 1.54) is 0 Å². The van der Waals surface area contributed by atoms with E-state index in [9.17, 15) is 4.79 Å². The first-order chi connectivity index (χ1) is 16.3. The smallest absolute Gasteiger partial charge is 0.232 e. The molecule has 1 N–H and O–H groups in total. The van der Waals surface area contributed by atoms with Crippen molar-refractivity contribution in [3.8, 4) is 5.88 Å². The minimum Gasteiger partial charge on any atom is -0.481 e. The molecule has 176 valence electrons. The summed E-state index contributed by atoms with van der Waals surface area (Å²) in [6.45, 7) is 6.44. The number of azo groups is 1. The molecule has 2 atom stereocenters. The molecular formula is C26H30N6O2. The standard InChI is InChI=1S/C26H30N6O2/c1-6-26(16-8-7-9-17(12-16)32(4)24-27-11-10-21(30-24)34-5)18-15-28-31-23(18)29-19-13-25(2,3)14-20(33)22(19)26/h7-12,15,23,29H,6,13-14H2,1-5H3/t23?,26-/m0/s1. The fourth-order valence-electron chi connectivity index (χ4n) is 5.59. The predicted molar refractivity (Wildman–Crippen MR) is 130 cm³/mol. The zero-order chi connectivity index (χ0) is 24.1. The molecule has 0 saturated carbocycles. The average molecular weight is 459 g/mol. The number of ketones is 1. The topological polar surface area (TPSA) is 92.1 Å². The van der Waals surface area contributed by atoms with Gasteiger partial charge in [-0.25, -0.2) is 4.98 Å². The molecule has 0 radical (unpaired) electrons. The van der Waals surface area contributed by atoms with Crippen LogP contribution in [0.4, 0.5) is 11.6 Å². The first-order valence-electron chi connectivity index (χ1n) is 11.6. The zero-order valence-corrected chi connectivity index (χ0v) is 20.3. The van der Waals surface area contributed by atoms with Crippen LogP contribution in [0, 0.1) is 5.41 Å². The lowest BCUT2D eigenvalue weighted by atomic mass is 9.59. The van der Waals surface area contributed by atoms with Gasteiger partial charge in [0.1, 0.15) is 0 Å². The number of carbonyl (C=O) groups excluding carboxylic acids is 1. The lowest BCUT2D eigenvalue weighted by molar-refractivity contribution is -0.119. The number of Topliss-reactive ketones (excluding diaryl/α,β-unsaturated/α-hetero) is 1. The van der Waals surface area contributed by atoms with E-state index < -0.39 is 5.41 Å². The summed E-state index contributed by atoms with van der Waals surface area (Å²) in [6, 6.07) is 10.0. The van der Waals surface area contributed by atoms with Crippen LogP contribution >= 0.6 is 0 Å². The fourth-order valence-corrected chi connectivity index (χ4v) is 5.59. The lowest BCUT2D eigenvalue weighted by Gasteiger charge is -2.48. The zero-order valence-electron chi connectivity index (χ0n) is 20.3. The van der Waals surface area contributed by atoms with Gasteiger partial charge in [-0.15, -0.1) is 0 Å². The number of anilines is 2. The Bertz CT molecular complexity index is 1250. The van der Waals surface area contributed by atoms with Gasteiger partial charge in [0.15, 0.2) is 11.9 Å². The Morgan fingerprint density at radius 1 is 1.24 bits per heavy atom. The third kappa shape index (κ3) is 3.40. The molecular weight excluding hydrogens is 428 g/mol. The van der Waals surface area contributed by atoms with Crippen LogP contribution in [0.15, 0.2) is 69.8 Å². The van der Waals surface area contributed by atoms with Crippen molar-refractivity contribution < 1.29 is 9.53 Å². The fraction of sp³-hybridized carbons (Fsp3) is 0.423. The van der Waals surface area contributed by atoms with Crippen LogP contribution in [0.3, 0.4) is 0 Å². The van der Waals surface area contributed by atoms with Crippen LogP contribution in [-0.4, -0.2) is 36.1 Å². The van der Waals surface area contributed by atoms with Gasteiger partial charge in [0.25, 0.3) is 0 Å². The van der Waals surface area contributed by atoms with Gasteiger partial charge in [-0.2, -0.15) is 15.2 Å². The third-order valence-corrected chi connectivity index (χ3v) is 7.16. The number of aromatic nitrogens is 2. The number of benzene rings is 1. The highest BCUT2D eigenvalue weighted by Gasteiger charge is 2.53. The second kappa shape index (κ2) is 8.04. The molecule has 1 unspecified atom stereocenters. The van der Waals surface area contributed by atoms with Crippen molar-refractivity contribution in [2.45, 2.75) is 51.6 Å². The Balaban J connectivity index is 1.66. The molecule has 0 fully saturated rings. The maximum atomic E-state index is 13.7. The van der Waals surface area contributed by atoms with Crippen LogP contribution in [0.2, 0.25) is 0 Å². The van der Waals surface area contributed by atoms with Gasteiger partial charge in [0, 0.05) is 48.3 Å². The number of carbonyl (C=O) groups is 1. The number of allylic oxidation sites excluding steroid dienone is 2. The van der Waals surface area contributed by atoms with E-state index in [0.29, 0.717) is 18.2 Å². The first kappa shape index (κ1) is 22.3. The molecule has 3 heterocycles. The molecule has 1 aromatic carbocycles. The molecule has 8 heteroatoms. The van der Waals surface area contributed by atoms with Gasteiger partial charge >= 0.3 is 0 Å². The Morgan fingerprint density at radius 3 is 2.82 bits per heavy atom. The second-order valence-electron chi connectivity index (χ2n) is 9.92. The van der Waals surface area contributed by atoms with Crippen molar-refractivity contribution in [2.24, 2.45) is 15.6 Å². The molecule has 2 aliphatic heterocycles. The lowest BCUT2D eigenvalue weighted by Crippen LogP contribution is -2.51. The van der Waals surface area contributed by atoms with E-state index in [4.69, 9.17) is 4.74 Å². The number of nitrogens with one attached hydrogen (secondary N) is 1. The van der Waals surface area contributed by atoms with Crippen molar-refractivity contribution in [1.82, 2.24) is 15.3 Å². The van der Waals surface area contributed by atoms with Crippen LogP contribution < -0.4 is 15.0 Å². The number of nitrogens with zero attached hydrogens (tertiary/aromatic N) is 5. The van der Waals surface area contributed by atoms with E-state index >= 15 is 0 Å². The van der Waals surface area contributed by atoms with Gasteiger partial charge in [0.2, 0.25) is 11.8 Å². The van der Waals surface area contributed by atoms with E-state index in [1.807, 2.05) is 30.3 Å². The normalized spacial score (nSPS) is 24.8. The van der Waals surface area contributed by atoms with E-state index in [-0.39, 0.29) is 17.4 Å². The highest BCUT2D eigenvalue weighted by atomic mass is 16.5. The Morgan fingerprint density at radius 2 is 2.06 bits per heavy atom. The van der Waals surface area contributed by atoms with Crippen molar-refractivity contribution >= 4 is 17.4 Å². The van der Waals surface area contributed by atoms with Crippen LogP contribution in [-0.2, 0) is 10.2 Å². The van der Waals surface area contributed by atoms with Gasteiger partial charge in [0.05, 0.1) is 18.7 Å². The number of hydrogen-bond acceptors (Lipinski definition) is 8. The molecule has 1 aromatic heterocycles. The second-order valence-corrected chi connectivity index (χ2v) is 9.92. The summed E-state index contributed by atoms with van der Waals surface area (Å²) in [7, 11) is 3.51. The summed E-state index contributed by atoms with van der Waals surface area (Å²) in [5, 5.41) is 12.2. The van der Waals surface area contributed by atoms with E-state index in [1.54, 1.807) is 19.4 Å². The monoisotopic (exact) mass is 458 g/mol. The van der Waals surface area contributed by atoms with Crippen molar-refractivity contribution in [3.05, 3.63) is 65.1 Å². The quantitative estimate of drug-likeness (QED) is 0.690. The van der Waals surface area contributed by atoms with Crippen LogP contribution in [0.1, 0.15) is 45.6 Å².